The molecule has 3 rings (SSSR count). The van der Waals surface area contributed by atoms with Gasteiger partial charge < -0.3 is 24.9 Å². The van der Waals surface area contributed by atoms with E-state index in [1.165, 1.54) is 7.11 Å². The normalized spacial score (nSPS) is 13.2. The van der Waals surface area contributed by atoms with E-state index < -0.39 is 12.1 Å². The fourth-order valence-electron chi connectivity index (χ4n) is 3.22. The summed E-state index contributed by atoms with van der Waals surface area (Å²) in [5.74, 6) is 0.181. The van der Waals surface area contributed by atoms with E-state index in [1.54, 1.807) is 12.1 Å². The molecule has 2 atom stereocenters. The average Bonchev–Trinajstić information content (AvgIpc) is 3.13. The molecule has 1 aromatic heterocycles. The summed E-state index contributed by atoms with van der Waals surface area (Å²) in [6.07, 6.45) is 2.08. The van der Waals surface area contributed by atoms with Crippen LogP contribution >= 0.6 is 11.6 Å². The van der Waals surface area contributed by atoms with E-state index in [2.05, 4.69) is 22.0 Å². The van der Waals surface area contributed by atoms with E-state index in [1.807, 2.05) is 36.5 Å². The monoisotopic (exact) mass is 416 g/mol. The van der Waals surface area contributed by atoms with E-state index in [4.69, 9.17) is 16.3 Å². The van der Waals surface area contributed by atoms with Crippen LogP contribution in [0.1, 0.15) is 24.2 Å². The van der Waals surface area contributed by atoms with Gasteiger partial charge >= 0.3 is 5.97 Å². The number of aromatic nitrogens is 1. The summed E-state index contributed by atoms with van der Waals surface area (Å²) in [4.78, 5) is 14.6. The number of H-pyrrole nitrogens is 1. The molecule has 0 amide bonds. The average molecular weight is 417 g/mol. The van der Waals surface area contributed by atoms with Crippen molar-refractivity contribution in [1.29, 1.82) is 0 Å². The van der Waals surface area contributed by atoms with Crippen molar-refractivity contribution in [2.45, 2.75) is 25.5 Å². The Morgan fingerprint density at radius 1 is 1.28 bits per heavy atom. The molecule has 0 aliphatic rings. The highest BCUT2D eigenvalue weighted by Crippen LogP contribution is 2.28. The first kappa shape index (κ1) is 21.2. The Labute approximate surface area is 174 Å². The molecule has 1 heterocycles. The van der Waals surface area contributed by atoms with Crippen LogP contribution < -0.4 is 10.1 Å². The number of nitrogens with one attached hydrogen (secondary N) is 2. The second-order valence-electron chi connectivity index (χ2n) is 6.94. The Kier molecular flexibility index (Phi) is 7.14. The van der Waals surface area contributed by atoms with Gasteiger partial charge in [0, 0.05) is 29.2 Å². The zero-order chi connectivity index (χ0) is 20.8. The van der Waals surface area contributed by atoms with Crippen molar-refractivity contribution < 1.29 is 19.4 Å². The van der Waals surface area contributed by atoms with Gasteiger partial charge in [0.25, 0.3) is 0 Å². The molecule has 0 spiro atoms. The highest BCUT2D eigenvalue weighted by molar-refractivity contribution is 6.30. The van der Waals surface area contributed by atoms with Crippen molar-refractivity contribution >= 4 is 28.5 Å². The molecule has 0 saturated heterocycles. The molecular weight excluding hydrogens is 392 g/mol. The van der Waals surface area contributed by atoms with Crippen LogP contribution in [0.3, 0.4) is 0 Å². The van der Waals surface area contributed by atoms with Gasteiger partial charge in [-0.25, -0.2) is 4.79 Å². The standard InChI is InChI=1S/C22H25ClN2O4/c1-14(24-12-19(26)15-5-3-6-17(23)10-15)9-16-11-25-22-18(16)7-4-8-20(22)29-13-21(27)28-2/h3-8,10-11,14,19,24-26H,9,12-13H2,1-2H3/t14-,19+/m1/s1. The summed E-state index contributed by atoms with van der Waals surface area (Å²) in [5.41, 5.74) is 2.76. The molecule has 0 aliphatic heterocycles. The highest BCUT2D eigenvalue weighted by atomic mass is 35.5. The highest BCUT2D eigenvalue weighted by Gasteiger charge is 2.14. The first-order valence-corrected chi connectivity index (χ1v) is 9.81. The number of methoxy groups -OCH3 is 1. The summed E-state index contributed by atoms with van der Waals surface area (Å²) < 4.78 is 10.2. The molecule has 6 nitrogen and oxygen atoms in total. The second kappa shape index (κ2) is 9.78. The van der Waals surface area contributed by atoms with Gasteiger partial charge in [-0.15, -0.1) is 0 Å². The number of halogens is 1. The van der Waals surface area contributed by atoms with Crippen molar-refractivity contribution in [3.8, 4) is 5.75 Å². The lowest BCUT2D eigenvalue weighted by molar-refractivity contribution is -0.142. The predicted molar refractivity (Wildman–Crippen MR) is 113 cm³/mol. The molecule has 0 bridgehead atoms. The molecular formula is C22H25ClN2O4. The SMILES string of the molecule is COC(=O)COc1cccc2c(C[C@@H](C)NC[C@H](O)c3cccc(Cl)c3)c[nH]c12. The van der Waals surface area contributed by atoms with E-state index in [-0.39, 0.29) is 12.6 Å². The lowest BCUT2D eigenvalue weighted by Gasteiger charge is -2.17. The summed E-state index contributed by atoms with van der Waals surface area (Å²) in [6, 6.07) is 13.1. The Morgan fingerprint density at radius 2 is 2.07 bits per heavy atom. The number of hydrogen-bond donors (Lipinski definition) is 3. The number of aromatic amines is 1. The van der Waals surface area contributed by atoms with Crippen molar-refractivity contribution in [3.63, 3.8) is 0 Å². The summed E-state index contributed by atoms with van der Waals surface area (Å²) in [5, 5.41) is 15.4. The van der Waals surface area contributed by atoms with Gasteiger partial charge in [-0.1, -0.05) is 35.9 Å². The zero-order valence-corrected chi connectivity index (χ0v) is 17.2. The lowest BCUT2D eigenvalue weighted by atomic mass is 10.0. The molecule has 0 radical (unpaired) electrons. The topological polar surface area (TPSA) is 83.6 Å². The molecule has 2 aromatic carbocycles. The van der Waals surface area contributed by atoms with Crippen LogP contribution in [0.2, 0.25) is 5.02 Å². The third kappa shape index (κ3) is 5.50. The fraction of sp³-hybridized carbons (Fsp3) is 0.318. The Bertz CT molecular complexity index is 972. The lowest BCUT2D eigenvalue weighted by Crippen LogP contribution is -2.32. The van der Waals surface area contributed by atoms with Crippen LogP contribution in [0.5, 0.6) is 5.75 Å². The summed E-state index contributed by atoms with van der Waals surface area (Å²) in [6.45, 7) is 2.36. The van der Waals surface area contributed by atoms with Crippen LogP contribution in [-0.2, 0) is 16.0 Å². The van der Waals surface area contributed by atoms with Gasteiger partial charge in [0.1, 0.15) is 5.75 Å². The summed E-state index contributed by atoms with van der Waals surface area (Å²) >= 11 is 5.99. The number of hydrogen-bond acceptors (Lipinski definition) is 5. The van der Waals surface area contributed by atoms with Gasteiger partial charge in [0.2, 0.25) is 0 Å². The number of carbonyl (C=O) groups is 1. The van der Waals surface area contributed by atoms with Crippen molar-refractivity contribution in [1.82, 2.24) is 10.3 Å². The van der Waals surface area contributed by atoms with Crippen LogP contribution in [-0.4, -0.2) is 42.4 Å². The van der Waals surface area contributed by atoms with Crippen LogP contribution in [0, 0.1) is 0 Å². The minimum absolute atomic E-state index is 0.136. The Morgan fingerprint density at radius 3 is 2.83 bits per heavy atom. The van der Waals surface area contributed by atoms with Crippen LogP contribution in [0.15, 0.2) is 48.7 Å². The number of fused-ring (bicyclic) bond motifs is 1. The number of aliphatic hydroxyl groups excluding tert-OH is 1. The molecule has 0 aliphatic carbocycles. The van der Waals surface area contributed by atoms with E-state index in [0.717, 1.165) is 28.5 Å². The van der Waals surface area contributed by atoms with Gasteiger partial charge in [-0.3, -0.25) is 0 Å². The molecule has 0 fully saturated rings. The number of ether oxygens (including phenoxy) is 2. The van der Waals surface area contributed by atoms with Crippen molar-refractivity contribution in [2.24, 2.45) is 0 Å². The van der Waals surface area contributed by atoms with E-state index >= 15 is 0 Å². The number of esters is 1. The molecule has 7 heteroatoms. The minimum atomic E-state index is -0.627. The maximum absolute atomic E-state index is 11.3. The number of benzene rings is 2. The Hall–Kier alpha value is -2.54. The van der Waals surface area contributed by atoms with Crippen LogP contribution in [0.25, 0.3) is 10.9 Å². The summed E-state index contributed by atoms with van der Waals surface area (Å²) in [7, 11) is 1.33. The fourth-order valence-corrected chi connectivity index (χ4v) is 3.41. The molecule has 154 valence electrons. The van der Waals surface area contributed by atoms with Crippen molar-refractivity contribution in [2.75, 3.05) is 20.3 Å². The molecule has 0 saturated carbocycles. The van der Waals surface area contributed by atoms with Gasteiger partial charge in [0.05, 0.1) is 18.7 Å². The van der Waals surface area contributed by atoms with Crippen LogP contribution in [0.4, 0.5) is 0 Å². The molecule has 29 heavy (non-hydrogen) atoms. The van der Waals surface area contributed by atoms with E-state index in [0.29, 0.717) is 17.3 Å². The zero-order valence-electron chi connectivity index (χ0n) is 16.4. The maximum atomic E-state index is 11.3. The first-order valence-electron chi connectivity index (χ1n) is 9.43. The maximum Gasteiger partial charge on any atom is 0.343 e. The van der Waals surface area contributed by atoms with Gasteiger partial charge in [-0.05, 0) is 42.7 Å². The predicted octanol–water partition coefficient (Wildman–Crippen LogP) is 3.63. The van der Waals surface area contributed by atoms with E-state index in [9.17, 15) is 9.90 Å². The molecule has 3 aromatic rings. The smallest absolute Gasteiger partial charge is 0.343 e. The first-order chi connectivity index (χ1) is 14.0. The largest absolute Gasteiger partial charge is 0.480 e. The Balaban J connectivity index is 1.61. The number of rotatable bonds is 9. The number of carbonyl (C=O) groups excluding carboxylic acids is 1. The number of aliphatic hydroxyl groups is 1. The van der Waals surface area contributed by atoms with Gasteiger partial charge in [-0.2, -0.15) is 0 Å². The third-order valence-electron chi connectivity index (χ3n) is 4.76. The quantitative estimate of drug-likeness (QED) is 0.464. The number of para-hydroxylation sites is 1. The van der Waals surface area contributed by atoms with Gasteiger partial charge in [0.15, 0.2) is 6.61 Å². The minimum Gasteiger partial charge on any atom is -0.480 e. The van der Waals surface area contributed by atoms with Crippen molar-refractivity contribution in [3.05, 3.63) is 64.8 Å². The second-order valence-corrected chi connectivity index (χ2v) is 7.38. The molecule has 0 unspecified atom stereocenters. The molecule has 3 N–H and O–H groups in total. The third-order valence-corrected chi connectivity index (χ3v) is 4.99.